The third-order valence-electron chi connectivity index (χ3n) is 6.47. The van der Waals surface area contributed by atoms with Crippen molar-refractivity contribution in [1.29, 1.82) is 5.26 Å². The van der Waals surface area contributed by atoms with E-state index < -0.39 is 6.04 Å². The maximum Gasteiger partial charge on any atom is 0.247 e. The molecule has 2 saturated heterocycles. The van der Waals surface area contributed by atoms with Crippen LogP contribution in [0, 0.1) is 16.7 Å². The van der Waals surface area contributed by atoms with Crippen molar-refractivity contribution in [1.82, 2.24) is 10.3 Å². The van der Waals surface area contributed by atoms with E-state index in [4.69, 9.17) is 10.00 Å². The van der Waals surface area contributed by atoms with Gasteiger partial charge in [0.1, 0.15) is 11.9 Å². The number of aromatic nitrogens is 1. The van der Waals surface area contributed by atoms with Gasteiger partial charge in [-0.25, -0.2) is 4.98 Å². The van der Waals surface area contributed by atoms with Crippen LogP contribution < -0.4 is 15.5 Å². The van der Waals surface area contributed by atoms with Gasteiger partial charge in [-0.05, 0) is 41.8 Å². The molecule has 2 fully saturated rings. The number of nitrogens with zero attached hydrogens (tertiary/aromatic N) is 3. The second kappa shape index (κ2) is 9.64. The zero-order valence-electron chi connectivity index (χ0n) is 18.9. The lowest BCUT2D eigenvalue weighted by atomic mass is 9.78. The van der Waals surface area contributed by atoms with Gasteiger partial charge >= 0.3 is 0 Å². The molecule has 34 heavy (non-hydrogen) atoms. The fourth-order valence-electron chi connectivity index (χ4n) is 4.48. The van der Waals surface area contributed by atoms with Gasteiger partial charge < -0.3 is 20.3 Å². The molecule has 1 amide bonds. The van der Waals surface area contributed by atoms with E-state index in [-0.39, 0.29) is 5.91 Å². The maximum atomic E-state index is 13.2. The fraction of sp³-hybridized carbons (Fsp3) is 0.296. The number of ether oxygens (including phenoxy) is 1. The Morgan fingerprint density at radius 1 is 1.09 bits per heavy atom. The predicted octanol–water partition coefficient (Wildman–Crippen LogP) is 3.30. The molecule has 1 aromatic heterocycles. The molecular formula is C27H27N5O2. The zero-order valence-corrected chi connectivity index (χ0v) is 18.9. The SMILES string of the molecule is N#Cc1ccc(CCNC(C(=O)Nc2ccc(N3CC4(COC4)C3)cn2)c2ccccc2)cc1. The van der Waals surface area contributed by atoms with Crippen LogP contribution in [0.5, 0.6) is 0 Å². The van der Waals surface area contributed by atoms with Crippen LogP contribution >= 0.6 is 0 Å². The Morgan fingerprint density at radius 3 is 2.47 bits per heavy atom. The first-order chi connectivity index (χ1) is 16.6. The summed E-state index contributed by atoms with van der Waals surface area (Å²) in [6.45, 7) is 4.32. The van der Waals surface area contributed by atoms with E-state index in [1.165, 1.54) is 0 Å². The van der Waals surface area contributed by atoms with Crippen LogP contribution in [0.3, 0.4) is 0 Å². The fourth-order valence-corrected chi connectivity index (χ4v) is 4.48. The monoisotopic (exact) mass is 453 g/mol. The third kappa shape index (κ3) is 4.79. The van der Waals surface area contributed by atoms with Crippen molar-refractivity contribution >= 4 is 17.4 Å². The first kappa shape index (κ1) is 22.1. The molecule has 2 aliphatic heterocycles. The number of hydrogen-bond acceptors (Lipinski definition) is 6. The van der Waals surface area contributed by atoms with Crippen LogP contribution in [0.2, 0.25) is 0 Å². The summed E-state index contributed by atoms with van der Waals surface area (Å²) in [5.74, 6) is 0.381. The van der Waals surface area contributed by atoms with Crippen LogP contribution in [0.25, 0.3) is 0 Å². The number of carbonyl (C=O) groups excluding carboxylic acids is 1. The molecule has 0 radical (unpaired) electrons. The average Bonchev–Trinajstić information content (AvgIpc) is 2.82. The Labute approximate surface area is 199 Å². The second-order valence-corrected chi connectivity index (χ2v) is 9.10. The summed E-state index contributed by atoms with van der Waals surface area (Å²) in [6, 6.07) is 22.7. The van der Waals surface area contributed by atoms with E-state index in [0.29, 0.717) is 23.3 Å². The lowest BCUT2D eigenvalue weighted by molar-refractivity contribution is -0.127. The number of carbonyl (C=O) groups is 1. The molecule has 2 aliphatic rings. The largest absolute Gasteiger partial charge is 0.380 e. The van der Waals surface area contributed by atoms with Crippen LogP contribution in [0.4, 0.5) is 11.5 Å². The normalized spacial score (nSPS) is 16.7. The first-order valence-electron chi connectivity index (χ1n) is 11.5. The molecule has 0 saturated carbocycles. The molecule has 3 heterocycles. The molecule has 3 aromatic rings. The first-order valence-corrected chi connectivity index (χ1v) is 11.5. The zero-order chi connectivity index (χ0) is 23.4. The molecule has 1 atom stereocenters. The van der Waals surface area contributed by atoms with Gasteiger partial charge in [0.25, 0.3) is 0 Å². The predicted molar refractivity (Wildman–Crippen MR) is 130 cm³/mol. The summed E-state index contributed by atoms with van der Waals surface area (Å²) < 4.78 is 5.34. The van der Waals surface area contributed by atoms with E-state index in [1.54, 1.807) is 0 Å². The van der Waals surface area contributed by atoms with Gasteiger partial charge in [0.05, 0.1) is 42.1 Å². The Bertz CT molecular complexity index is 1160. The Balaban J connectivity index is 1.20. The number of pyridine rings is 1. The summed E-state index contributed by atoms with van der Waals surface area (Å²) in [5, 5.41) is 15.3. The number of nitriles is 1. The topological polar surface area (TPSA) is 90.3 Å². The maximum absolute atomic E-state index is 13.2. The second-order valence-electron chi connectivity index (χ2n) is 9.10. The van der Waals surface area contributed by atoms with Crippen molar-refractivity contribution in [2.75, 3.05) is 43.1 Å². The molecule has 172 valence electrons. The van der Waals surface area contributed by atoms with Crippen molar-refractivity contribution in [3.8, 4) is 6.07 Å². The van der Waals surface area contributed by atoms with E-state index in [2.05, 4.69) is 26.6 Å². The van der Waals surface area contributed by atoms with Crippen LogP contribution in [0.15, 0.2) is 72.9 Å². The van der Waals surface area contributed by atoms with E-state index in [1.807, 2.05) is 72.9 Å². The van der Waals surface area contributed by atoms with Gasteiger partial charge in [-0.3, -0.25) is 4.79 Å². The van der Waals surface area contributed by atoms with E-state index in [0.717, 1.165) is 49.5 Å². The molecule has 2 aromatic carbocycles. The average molecular weight is 454 g/mol. The molecule has 7 nitrogen and oxygen atoms in total. The molecule has 2 N–H and O–H groups in total. The minimum atomic E-state index is -0.505. The summed E-state index contributed by atoms with van der Waals surface area (Å²) in [5.41, 5.74) is 4.06. The number of anilines is 2. The van der Waals surface area contributed by atoms with Gasteiger partial charge in [0.15, 0.2) is 0 Å². The van der Waals surface area contributed by atoms with Gasteiger partial charge in [-0.2, -0.15) is 5.26 Å². The van der Waals surface area contributed by atoms with Crippen molar-refractivity contribution in [2.45, 2.75) is 12.5 Å². The molecular weight excluding hydrogens is 426 g/mol. The Morgan fingerprint density at radius 2 is 1.85 bits per heavy atom. The van der Waals surface area contributed by atoms with E-state index in [9.17, 15) is 4.79 Å². The summed E-state index contributed by atoms with van der Waals surface area (Å²) in [6.07, 6.45) is 2.56. The van der Waals surface area contributed by atoms with Crippen molar-refractivity contribution in [3.05, 3.63) is 89.6 Å². The standard InChI is InChI=1S/C27H27N5O2/c28-14-21-8-6-20(7-9-21)12-13-29-25(22-4-2-1-3-5-22)26(33)31-24-11-10-23(15-30-24)32-16-27(17-32)18-34-19-27/h1-11,15,25,29H,12-13,16-19H2,(H,30,31,33). The minimum absolute atomic E-state index is 0.152. The molecule has 1 unspecified atom stereocenters. The highest BCUT2D eigenvalue weighted by Gasteiger charge is 2.49. The van der Waals surface area contributed by atoms with Crippen LogP contribution in [-0.4, -0.2) is 43.7 Å². The molecule has 0 aliphatic carbocycles. The Hall–Kier alpha value is -3.73. The number of amides is 1. The molecule has 1 spiro atoms. The number of nitrogens with one attached hydrogen (secondary N) is 2. The van der Waals surface area contributed by atoms with Crippen LogP contribution in [0.1, 0.15) is 22.7 Å². The lowest BCUT2D eigenvalue weighted by Gasteiger charge is -2.55. The summed E-state index contributed by atoms with van der Waals surface area (Å²) in [4.78, 5) is 19.9. The van der Waals surface area contributed by atoms with Crippen molar-refractivity contribution in [2.24, 2.45) is 5.41 Å². The van der Waals surface area contributed by atoms with Gasteiger partial charge in [0, 0.05) is 19.6 Å². The van der Waals surface area contributed by atoms with Gasteiger partial charge in [-0.15, -0.1) is 0 Å². The molecule has 0 bridgehead atoms. The summed E-state index contributed by atoms with van der Waals surface area (Å²) in [7, 11) is 0. The number of rotatable bonds is 8. The quantitative estimate of drug-likeness (QED) is 0.544. The minimum Gasteiger partial charge on any atom is -0.380 e. The molecule has 7 heteroatoms. The smallest absolute Gasteiger partial charge is 0.247 e. The highest BCUT2D eigenvalue weighted by atomic mass is 16.5. The third-order valence-corrected chi connectivity index (χ3v) is 6.47. The van der Waals surface area contributed by atoms with E-state index >= 15 is 0 Å². The number of benzene rings is 2. The lowest BCUT2D eigenvalue weighted by Crippen LogP contribution is -2.66. The van der Waals surface area contributed by atoms with Crippen LogP contribution in [-0.2, 0) is 16.0 Å². The molecule has 5 rings (SSSR count). The number of hydrogen-bond donors (Lipinski definition) is 2. The highest BCUT2D eigenvalue weighted by molar-refractivity contribution is 5.94. The summed E-state index contributed by atoms with van der Waals surface area (Å²) >= 11 is 0. The van der Waals surface area contributed by atoms with Gasteiger partial charge in [0.2, 0.25) is 5.91 Å². The Kier molecular flexibility index (Phi) is 6.26. The highest BCUT2D eigenvalue weighted by Crippen LogP contribution is 2.40. The van der Waals surface area contributed by atoms with Crippen molar-refractivity contribution < 1.29 is 9.53 Å². The van der Waals surface area contributed by atoms with Crippen molar-refractivity contribution in [3.63, 3.8) is 0 Å². The van der Waals surface area contributed by atoms with Gasteiger partial charge in [-0.1, -0.05) is 42.5 Å².